The van der Waals surface area contributed by atoms with Gasteiger partial charge in [-0.2, -0.15) is 0 Å². The predicted molar refractivity (Wildman–Crippen MR) is 146 cm³/mol. The van der Waals surface area contributed by atoms with E-state index < -0.39 is 6.09 Å². The van der Waals surface area contributed by atoms with Crippen LogP contribution in [0.15, 0.2) is 42.3 Å². The highest BCUT2D eigenvalue weighted by Gasteiger charge is 2.57. The molecule has 2 saturated carbocycles. The molecular weight excluding hydrogens is 493 g/mol. The quantitative estimate of drug-likeness (QED) is 0.238. The van der Waals surface area contributed by atoms with Gasteiger partial charge in [0.05, 0.1) is 6.04 Å². The molecule has 5 nitrogen and oxygen atoms in total. The summed E-state index contributed by atoms with van der Waals surface area (Å²) in [6, 6.07) is 4.35. The van der Waals surface area contributed by atoms with Crippen molar-refractivity contribution in [2.45, 2.75) is 64.8 Å². The van der Waals surface area contributed by atoms with Gasteiger partial charge in [-0.25, -0.2) is 4.79 Å². The molecule has 4 aliphatic carbocycles. The first-order valence-corrected chi connectivity index (χ1v) is 14.6. The molecule has 1 amide bonds. The third kappa shape index (κ3) is 4.61. The highest BCUT2D eigenvalue weighted by Crippen LogP contribution is 2.66. The van der Waals surface area contributed by atoms with Crippen molar-refractivity contribution in [1.82, 2.24) is 15.4 Å². The Morgan fingerprint density at radius 3 is 2.64 bits per heavy atom. The number of aromatic nitrogens is 1. The third-order valence-electron chi connectivity index (χ3n) is 9.93. The van der Waals surface area contributed by atoms with Crippen LogP contribution in [0.25, 0.3) is 5.57 Å². The lowest BCUT2D eigenvalue weighted by Crippen LogP contribution is -2.51. The van der Waals surface area contributed by atoms with E-state index in [1.807, 2.05) is 12.4 Å². The molecule has 0 aromatic carbocycles. The summed E-state index contributed by atoms with van der Waals surface area (Å²) in [7, 11) is 0. The van der Waals surface area contributed by atoms with Gasteiger partial charge in [-0.15, -0.1) is 28.7 Å². The van der Waals surface area contributed by atoms with Crippen molar-refractivity contribution in [3.8, 4) is 0 Å². The Balaban J connectivity index is 1.26. The Labute approximate surface area is 225 Å². The van der Waals surface area contributed by atoms with Gasteiger partial charge in [0.2, 0.25) is 0 Å². The van der Waals surface area contributed by atoms with E-state index in [1.54, 1.807) is 10.5 Å². The van der Waals surface area contributed by atoms with E-state index in [4.69, 9.17) is 28.0 Å². The van der Waals surface area contributed by atoms with E-state index in [1.165, 1.54) is 36.8 Å². The number of pyridine rings is 1. The highest BCUT2D eigenvalue weighted by molar-refractivity contribution is 6.18. The summed E-state index contributed by atoms with van der Waals surface area (Å²) in [6.07, 6.45) is 16.6. The van der Waals surface area contributed by atoms with Crippen molar-refractivity contribution in [2.75, 3.05) is 24.8 Å². The SMILES string of the molecule is C[C@]12CCC(NOC(=O)N(CCCl)CCCl)C=C1CC[C@H]1[C@@H]2CC[C@]2(C)C(c3cccnc3)=CC[C@@H]12. The van der Waals surface area contributed by atoms with Gasteiger partial charge >= 0.3 is 6.09 Å². The molecule has 0 saturated heterocycles. The van der Waals surface area contributed by atoms with Crippen molar-refractivity contribution >= 4 is 34.9 Å². The van der Waals surface area contributed by atoms with Crippen LogP contribution < -0.4 is 5.48 Å². The second kappa shape index (κ2) is 10.7. The normalized spacial score (nSPS) is 35.1. The minimum Gasteiger partial charge on any atom is -0.353 e. The molecule has 0 radical (unpaired) electrons. The average Bonchev–Trinajstić information content (AvgIpc) is 3.25. The molecule has 1 heterocycles. The van der Waals surface area contributed by atoms with Crippen LogP contribution >= 0.6 is 23.2 Å². The summed E-state index contributed by atoms with van der Waals surface area (Å²) in [5.74, 6) is 2.93. The van der Waals surface area contributed by atoms with Gasteiger partial charge in [0.1, 0.15) is 0 Å². The molecule has 0 aliphatic heterocycles. The van der Waals surface area contributed by atoms with Gasteiger partial charge in [0.15, 0.2) is 0 Å². The number of hydrogen-bond acceptors (Lipinski definition) is 4. The average molecular weight is 533 g/mol. The Morgan fingerprint density at radius 2 is 1.92 bits per heavy atom. The Kier molecular flexibility index (Phi) is 7.72. The number of hydrogen-bond donors (Lipinski definition) is 1. The maximum atomic E-state index is 12.5. The second-order valence-corrected chi connectivity index (χ2v) is 12.3. The summed E-state index contributed by atoms with van der Waals surface area (Å²) in [5.41, 5.74) is 7.93. The molecule has 36 heavy (non-hydrogen) atoms. The number of carbonyl (C=O) groups excluding carboxylic acids is 1. The number of hydroxylamine groups is 1. The Bertz CT molecular complexity index is 1010. The van der Waals surface area contributed by atoms with E-state index in [2.05, 4.69) is 48.6 Å². The minimum atomic E-state index is -0.406. The van der Waals surface area contributed by atoms with Crippen LogP contribution in [0, 0.1) is 28.6 Å². The third-order valence-corrected chi connectivity index (χ3v) is 10.3. The van der Waals surface area contributed by atoms with Crippen LogP contribution in [0.3, 0.4) is 0 Å². The molecule has 2 fully saturated rings. The largest absolute Gasteiger partial charge is 0.428 e. The van der Waals surface area contributed by atoms with Gasteiger partial charge in [-0.05, 0) is 90.7 Å². The number of nitrogens with zero attached hydrogens (tertiary/aromatic N) is 2. The zero-order valence-electron chi connectivity index (χ0n) is 21.5. The van der Waals surface area contributed by atoms with E-state index in [9.17, 15) is 4.79 Å². The van der Waals surface area contributed by atoms with Crippen molar-refractivity contribution in [3.05, 3.63) is 47.8 Å². The number of halogens is 2. The molecule has 1 aromatic heterocycles. The van der Waals surface area contributed by atoms with Crippen LogP contribution in [0.1, 0.15) is 64.4 Å². The van der Waals surface area contributed by atoms with Crippen molar-refractivity contribution in [1.29, 1.82) is 0 Å². The first-order valence-electron chi connectivity index (χ1n) is 13.6. The highest BCUT2D eigenvalue weighted by atomic mass is 35.5. The second-order valence-electron chi connectivity index (χ2n) is 11.6. The van der Waals surface area contributed by atoms with Crippen molar-refractivity contribution in [3.63, 3.8) is 0 Å². The Morgan fingerprint density at radius 1 is 1.14 bits per heavy atom. The lowest BCUT2D eigenvalue weighted by Gasteiger charge is -2.58. The fraction of sp³-hybridized carbons (Fsp3) is 0.655. The molecular formula is C29H39Cl2N3O2. The monoisotopic (exact) mass is 531 g/mol. The molecule has 0 spiro atoms. The first kappa shape index (κ1) is 26.1. The number of allylic oxidation sites excluding steroid dienone is 3. The first-order chi connectivity index (χ1) is 17.4. The van der Waals surface area contributed by atoms with Crippen LogP contribution in [-0.2, 0) is 4.84 Å². The summed E-state index contributed by atoms with van der Waals surface area (Å²) in [5, 5.41) is 0. The number of carbonyl (C=O) groups is 1. The van der Waals surface area contributed by atoms with Gasteiger partial charge in [-0.3, -0.25) is 4.98 Å². The van der Waals surface area contributed by atoms with E-state index in [-0.39, 0.29) is 16.9 Å². The van der Waals surface area contributed by atoms with E-state index in [0.717, 1.165) is 37.0 Å². The lowest BCUT2D eigenvalue weighted by molar-refractivity contribution is -0.0273. The fourth-order valence-electron chi connectivity index (χ4n) is 8.05. The lowest BCUT2D eigenvalue weighted by atomic mass is 9.46. The molecule has 0 bridgehead atoms. The molecule has 1 N–H and O–H groups in total. The van der Waals surface area contributed by atoms with Crippen LogP contribution in [0.5, 0.6) is 0 Å². The number of alkyl halides is 2. The molecule has 6 atom stereocenters. The maximum Gasteiger partial charge on any atom is 0.428 e. The number of nitrogens with one attached hydrogen (secondary N) is 1. The predicted octanol–water partition coefficient (Wildman–Crippen LogP) is 6.83. The van der Waals surface area contributed by atoms with E-state index >= 15 is 0 Å². The zero-order chi connectivity index (χ0) is 25.3. The standard InChI is InChI=1S/C29H39Cl2N3O2/c1-28-11-9-22(33-36-27(35)34(16-13-30)17-14-31)18-21(28)5-6-23-25-8-7-24(20-4-3-15-32-19-20)29(25,2)12-10-26(23)28/h3-4,7,15,18-19,22-23,25-26,33H,5-6,8-14,16-17H2,1-2H3/t22?,23-,25+,26+,28+,29-/m1/s1. The number of amides is 1. The van der Waals surface area contributed by atoms with Gasteiger partial charge in [-0.1, -0.05) is 37.6 Å². The molecule has 7 heteroatoms. The Hall–Kier alpha value is -1.56. The van der Waals surface area contributed by atoms with Crippen LogP contribution in [0.2, 0.25) is 0 Å². The van der Waals surface area contributed by atoms with Crippen LogP contribution in [0.4, 0.5) is 4.79 Å². The van der Waals surface area contributed by atoms with Gasteiger partial charge in [0, 0.05) is 37.2 Å². The molecule has 196 valence electrons. The van der Waals surface area contributed by atoms with Gasteiger partial charge < -0.3 is 9.74 Å². The zero-order valence-corrected chi connectivity index (χ0v) is 23.0. The number of rotatable bonds is 7. The van der Waals surface area contributed by atoms with Crippen molar-refractivity contribution in [2.24, 2.45) is 28.6 Å². The maximum absolute atomic E-state index is 12.5. The van der Waals surface area contributed by atoms with E-state index in [0.29, 0.717) is 24.8 Å². The van der Waals surface area contributed by atoms with Crippen molar-refractivity contribution < 1.29 is 9.63 Å². The topological polar surface area (TPSA) is 54.5 Å². The van der Waals surface area contributed by atoms with Gasteiger partial charge in [0.25, 0.3) is 0 Å². The summed E-state index contributed by atoms with van der Waals surface area (Å²) in [4.78, 5) is 23.9. The summed E-state index contributed by atoms with van der Waals surface area (Å²) < 4.78 is 0. The molecule has 5 rings (SSSR count). The minimum absolute atomic E-state index is 0.0571. The summed E-state index contributed by atoms with van der Waals surface area (Å²) in [6.45, 7) is 5.88. The molecule has 4 aliphatic rings. The number of fused-ring (bicyclic) bond motifs is 5. The summed E-state index contributed by atoms with van der Waals surface area (Å²) >= 11 is 11.7. The molecule has 1 aromatic rings. The fourth-order valence-corrected chi connectivity index (χ4v) is 8.46. The molecule has 1 unspecified atom stereocenters. The smallest absolute Gasteiger partial charge is 0.353 e. The van der Waals surface area contributed by atoms with Crippen LogP contribution in [-0.4, -0.2) is 46.9 Å².